The Balaban J connectivity index is 2.93. The summed E-state index contributed by atoms with van der Waals surface area (Å²) in [6, 6.07) is 3.88. The predicted octanol–water partition coefficient (Wildman–Crippen LogP) is 1.22. The fourth-order valence-corrected chi connectivity index (χ4v) is 1.87. The fourth-order valence-electron chi connectivity index (χ4n) is 1.87. The number of methoxy groups -OCH3 is 2. The van der Waals surface area contributed by atoms with Gasteiger partial charge in [0.05, 0.1) is 19.3 Å². The van der Waals surface area contributed by atoms with Crippen LogP contribution in [0.15, 0.2) is 18.2 Å². The topological polar surface area (TPSA) is 79.2 Å². The number of benzene rings is 1. The van der Waals surface area contributed by atoms with Crippen molar-refractivity contribution in [1.29, 1.82) is 0 Å². The van der Waals surface area contributed by atoms with E-state index in [-0.39, 0.29) is 23.4 Å². The molecule has 2 N–H and O–H groups in total. The molecular formula is C14H21NO5. The number of carbonyl (C=O) groups is 1. The Morgan fingerprint density at radius 3 is 2.50 bits per heavy atom. The molecule has 1 amide bonds. The number of ether oxygens (including phenoxy) is 2. The van der Waals surface area contributed by atoms with Crippen molar-refractivity contribution in [1.82, 2.24) is 4.90 Å². The quantitative estimate of drug-likeness (QED) is 0.736. The van der Waals surface area contributed by atoms with Crippen LogP contribution < -0.4 is 0 Å². The minimum atomic E-state index is -0.318. The third-order valence-electron chi connectivity index (χ3n) is 2.96. The molecule has 0 bridgehead atoms. The maximum atomic E-state index is 12.5. The lowest BCUT2D eigenvalue weighted by atomic mass is 10.1. The van der Waals surface area contributed by atoms with Crippen LogP contribution in [-0.2, 0) is 9.47 Å². The first-order valence-corrected chi connectivity index (χ1v) is 6.32. The SMILES string of the molecule is COCCN(C(=O)c1ccc(O)c(O)c1)C(C)COC. The van der Waals surface area contributed by atoms with Gasteiger partial charge in [-0.15, -0.1) is 0 Å². The van der Waals surface area contributed by atoms with Crippen molar-refractivity contribution in [3.8, 4) is 11.5 Å². The van der Waals surface area contributed by atoms with Crippen molar-refractivity contribution in [3.63, 3.8) is 0 Å². The van der Waals surface area contributed by atoms with Gasteiger partial charge in [-0.05, 0) is 25.1 Å². The molecule has 1 aromatic carbocycles. The van der Waals surface area contributed by atoms with Gasteiger partial charge in [-0.25, -0.2) is 0 Å². The van der Waals surface area contributed by atoms with Crippen LogP contribution in [0.1, 0.15) is 17.3 Å². The molecule has 0 aliphatic heterocycles. The lowest BCUT2D eigenvalue weighted by molar-refractivity contribution is 0.0479. The van der Waals surface area contributed by atoms with E-state index in [1.165, 1.54) is 18.2 Å². The number of phenolic OH excluding ortho intramolecular Hbond substituents is 2. The van der Waals surface area contributed by atoms with Gasteiger partial charge in [0.2, 0.25) is 0 Å². The minimum absolute atomic E-state index is 0.126. The minimum Gasteiger partial charge on any atom is -0.504 e. The second kappa shape index (κ2) is 7.72. The van der Waals surface area contributed by atoms with Crippen LogP contribution >= 0.6 is 0 Å². The van der Waals surface area contributed by atoms with Gasteiger partial charge >= 0.3 is 0 Å². The van der Waals surface area contributed by atoms with Gasteiger partial charge in [-0.2, -0.15) is 0 Å². The van der Waals surface area contributed by atoms with E-state index in [1.807, 2.05) is 6.92 Å². The maximum absolute atomic E-state index is 12.5. The van der Waals surface area contributed by atoms with E-state index in [4.69, 9.17) is 9.47 Å². The highest BCUT2D eigenvalue weighted by Crippen LogP contribution is 2.25. The van der Waals surface area contributed by atoms with Crippen LogP contribution in [-0.4, -0.2) is 61.0 Å². The summed E-state index contributed by atoms with van der Waals surface area (Å²) in [6.45, 7) is 3.10. The lowest BCUT2D eigenvalue weighted by Gasteiger charge is -2.28. The van der Waals surface area contributed by atoms with Crippen molar-refractivity contribution in [2.45, 2.75) is 13.0 Å². The first kappa shape index (κ1) is 16.3. The van der Waals surface area contributed by atoms with E-state index in [0.717, 1.165) is 0 Å². The monoisotopic (exact) mass is 283 g/mol. The molecule has 112 valence electrons. The van der Waals surface area contributed by atoms with E-state index in [1.54, 1.807) is 19.1 Å². The normalized spacial score (nSPS) is 12.2. The molecule has 1 atom stereocenters. The van der Waals surface area contributed by atoms with Crippen LogP contribution in [0.25, 0.3) is 0 Å². The Labute approximate surface area is 118 Å². The lowest BCUT2D eigenvalue weighted by Crippen LogP contribution is -2.43. The summed E-state index contributed by atoms with van der Waals surface area (Å²) >= 11 is 0. The number of hydrogen-bond donors (Lipinski definition) is 2. The number of nitrogens with zero attached hydrogens (tertiary/aromatic N) is 1. The zero-order valence-electron chi connectivity index (χ0n) is 12.0. The van der Waals surface area contributed by atoms with E-state index in [9.17, 15) is 15.0 Å². The second-order valence-corrected chi connectivity index (χ2v) is 4.50. The largest absolute Gasteiger partial charge is 0.504 e. The predicted molar refractivity (Wildman–Crippen MR) is 74.0 cm³/mol. The molecular weight excluding hydrogens is 262 g/mol. The van der Waals surface area contributed by atoms with Crippen molar-refractivity contribution in [2.24, 2.45) is 0 Å². The molecule has 6 nitrogen and oxygen atoms in total. The van der Waals surface area contributed by atoms with Crippen LogP contribution in [0.2, 0.25) is 0 Å². The molecule has 0 saturated carbocycles. The van der Waals surface area contributed by atoms with E-state index < -0.39 is 0 Å². The first-order valence-electron chi connectivity index (χ1n) is 6.32. The van der Waals surface area contributed by atoms with Gasteiger partial charge in [-0.3, -0.25) is 4.79 Å². The van der Waals surface area contributed by atoms with Gasteiger partial charge in [-0.1, -0.05) is 0 Å². The smallest absolute Gasteiger partial charge is 0.254 e. The van der Waals surface area contributed by atoms with Crippen molar-refractivity contribution in [3.05, 3.63) is 23.8 Å². The highest BCUT2D eigenvalue weighted by molar-refractivity contribution is 5.95. The Morgan fingerprint density at radius 2 is 1.95 bits per heavy atom. The Morgan fingerprint density at radius 1 is 1.25 bits per heavy atom. The number of rotatable bonds is 7. The summed E-state index contributed by atoms with van der Waals surface area (Å²) in [7, 11) is 3.14. The molecule has 0 radical (unpaired) electrons. The Bertz CT molecular complexity index is 449. The second-order valence-electron chi connectivity index (χ2n) is 4.50. The van der Waals surface area contributed by atoms with Gasteiger partial charge in [0.15, 0.2) is 11.5 Å². The first-order chi connectivity index (χ1) is 9.51. The average molecular weight is 283 g/mol. The zero-order valence-corrected chi connectivity index (χ0v) is 12.0. The zero-order chi connectivity index (χ0) is 15.1. The van der Waals surface area contributed by atoms with Crippen molar-refractivity contribution in [2.75, 3.05) is 34.0 Å². The standard InChI is InChI=1S/C14H21NO5/c1-10(9-20-3)15(6-7-19-2)14(18)11-4-5-12(16)13(17)8-11/h4-5,8,10,16-17H,6-7,9H2,1-3H3. The summed E-state index contributed by atoms with van der Waals surface area (Å²) in [5.41, 5.74) is 0.305. The Kier molecular flexibility index (Phi) is 6.27. The van der Waals surface area contributed by atoms with Crippen LogP contribution in [0.3, 0.4) is 0 Å². The van der Waals surface area contributed by atoms with Crippen molar-refractivity contribution >= 4 is 5.91 Å². The summed E-state index contributed by atoms with van der Waals surface area (Å²) in [5, 5.41) is 18.8. The molecule has 0 aliphatic rings. The molecule has 0 fully saturated rings. The summed E-state index contributed by atoms with van der Waals surface area (Å²) in [5.74, 6) is -0.821. The molecule has 0 aliphatic carbocycles. The summed E-state index contributed by atoms with van der Waals surface area (Å²) in [6.07, 6.45) is 0. The average Bonchev–Trinajstić information content (AvgIpc) is 2.42. The Hall–Kier alpha value is -1.79. The highest BCUT2D eigenvalue weighted by atomic mass is 16.5. The van der Waals surface area contributed by atoms with Gasteiger partial charge in [0, 0.05) is 26.3 Å². The molecule has 0 heterocycles. The van der Waals surface area contributed by atoms with Crippen molar-refractivity contribution < 1.29 is 24.5 Å². The molecule has 1 unspecified atom stereocenters. The van der Waals surface area contributed by atoms with Crippen LogP contribution in [0.4, 0.5) is 0 Å². The third-order valence-corrected chi connectivity index (χ3v) is 2.96. The van der Waals surface area contributed by atoms with Gasteiger partial charge in [0.1, 0.15) is 0 Å². The molecule has 0 spiro atoms. The molecule has 1 aromatic rings. The number of carbonyl (C=O) groups excluding carboxylic acids is 1. The van der Waals surface area contributed by atoms with E-state index in [0.29, 0.717) is 25.3 Å². The molecule has 0 saturated heterocycles. The molecule has 0 aromatic heterocycles. The fraction of sp³-hybridized carbons (Fsp3) is 0.500. The number of hydrogen-bond acceptors (Lipinski definition) is 5. The van der Waals surface area contributed by atoms with Crippen LogP contribution in [0.5, 0.6) is 11.5 Å². The van der Waals surface area contributed by atoms with E-state index >= 15 is 0 Å². The summed E-state index contributed by atoms with van der Waals surface area (Å²) in [4.78, 5) is 14.1. The molecule has 1 rings (SSSR count). The van der Waals surface area contributed by atoms with Crippen LogP contribution in [0, 0.1) is 0 Å². The highest BCUT2D eigenvalue weighted by Gasteiger charge is 2.22. The third kappa shape index (κ3) is 4.11. The number of phenols is 2. The maximum Gasteiger partial charge on any atom is 0.254 e. The molecule has 20 heavy (non-hydrogen) atoms. The van der Waals surface area contributed by atoms with Gasteiger partial charge in [0.25, 0.3) is 5.91 Å². The van der Waals surface area contributed by atoms with E-state index in [2.05, 4.69) is 0 Å². The van der Waals surface area contributed by atoms with Gasteiger partial charge < -0.3 is 24.6 Å². The molecule has 6 heteroatoms. The summed E-state index contributed by atoms with van der Waals surface area (Å²) < 4.78 is 10.1. The number of aromatic hydroxyl groups is 2. The number of amides is 1.